The number of hydrogen-bond acceptors (Lipinski definition) is 0. The van der Waals surface area contributed by atoms with E-state index in [1.54, 1.807) is 0 Å². The Hall–Kier alpha value is -1.25. The van der Waals surface area contributed by atoms with Crippen molar-refractivity contribution in [2.45, 2.75) is 89.9 Å². The summed E-state index contributed by atoms with van der Waals surface area (Å²) in [7, 11) is 0. The van der Waals surface area contributed by atoms with Gasteiger partial charge in [-0.25, -0.2) is 13.2 Å². The first kappa shape index (κ1) is 21.5. The maximum Gasteiger partial charge on any atom is 0.194 e. The molecular weight excluding hydrogens is 357 g/mol. The molecular formula is C25H35F3. The molecule has 3 rings (SSSR count). The number of unbranched alkanes of at least 4 members (excludes halogenated alkanes) is 2. The zero-order chi connectivity index (χ0) is 19.9. The van der Waals surface area contributed by atoms with Gasteiger partial charge >= 0.3 is 0 Å². The fourth-order valence-corrected chi connectivity index (χ4v) is 5.54. The van der Waals surface area contributed by atoms with E-state index in [1.165, 1.54) is 63.5 Å². The second kappa shape index (κ2) is 10.5. The average Bonchev–Trinajstić information content (AvgIpc) is 2.72. The summed E-state index contributed by atoms with van der Waals surface area (Å²) in [5.41, 5.74) is 0.636. The van der Waals surface area contributed by atoms with E-state index < -0.39 is 17.5 Å². The minimum absolute atomic E-state index is 0.175. The Kier molecular flexibility index (Phi) is 8.05. The van der Waals surface area contributed by atoms with Crippen LogP contribution in [0.2, 0.25) is 0 Å². The molecule has 0 aliphatic heterocycles. The van der Waals surface area contributed by atoms with Crippen molar-refractivity contribution in [3.63, 3.8) is 0 Å². The first-order valence-corrected chi connectivity index (χ1v) is 11.3. The molecule has 0 radical (unpaired) electrons. The van der Waals surface area contributed by atoms with Crippen LogP contribution in [0.25, 0.3) is 0 Å². The third-order valence-corrected chi connectivity index (χ3v) is 7.28. The SMILES string of the molecule is C/C=C/CCCCC1CCC(C2CCC(c3cc(F)c(F)c(F)c3)CC2)CC1. The Bertz CT molecular complexity index is 612. The fraction of sp³-hybridized carbons (Fsp3) is 0.680. The minimum Gasteiger partial charge on any atom is -0.204 e. The molecule has 0 heterocycles. The van der Waals surface area contributed by atoms with Gasteiger partial charge in [0.1, 0.15) is 0 Å². The van der Waals surface area contributed by atoms with Crippen molar-refractivity contribution in [3.05, 3.63) is 47.3 Å². The van der Waals surface area contributed by atoms with E-state index in [-0.39, 0.29) is 5.92 Å². The Balaban J connectivity index is 1.40. The summed E-state index contributed by atoms with van der Waals surface area (Å²) in [6.45, 7) is 2.09. The van der Waals surface area contributed by atoms with Gasteiger partial charge in [-0.3, -0.25) is 0 Å². The molecule has 1 aromatic carbocycles. The number of rotatable bonds is 7. The van der Waals surface area contributed by atoms with Crippen LogP contribution in [-0.4, -0.2) is 0 Å². The highest BCUT2D eigenvalue weighted by atomic mass is 19.2. The van der Waals surface area contributed by atoms with Crippen molar-refractivity contribution in [2.75, 3.05) is 0 Å². The first-order chi connectivity index (χ1) is 13.6. The average molecular weight is 393 g/mol. The van der Waals surface area contributed by atoms with Gasteiger partial charge in [-0.05, 0) is 99.7 Å². The third-order valence-electron chi connectivity index (χ3n) is 7.28. The van der Waals surface area contributed by atoms with Crippen LogP contribution >= 0.6 is 0 Å². The van der Waals surface area contributed by atoms with Crippen LogP contribution in [0.3, 0.4) is 0 Å². The quantitative estimate of drug-likeness (QED) is 0.248. The van der Waals surface area contributed by atoms with Crippen molar-refractivity contribution in [1.82, 2.24) is 0 Å². The topological polar surface area (TPSA) is 0 Å². The van der Waals surface area contributed by atoms with Crippen LogP contribution in [0, 0.1) is 35.2 Å². The Labute approximate surface area is 168 Å². The summed E-state index contributed by atoms with van der Waals surface area (Å²) in [6, 6.07) is 2.40. The van der Waals surface area contributed by atoms with E-state index in [4.69, 9.17) is 0 Å². The molecule has 2 fully saturated rings. The highest BCUT2D eigenvalue weighted by Crippen LogP contribution is 2.44. The minimum atomic E-state index is -1.35. The molecule has 0 saturated heterocycles. The largest absolute Gasteiger partial charge is 0.204 e. The zero-order valence-corrected chi connectivity index (χ0v) is 17.2. The van der Waals surface area contributed by atoms with E-state index in [9.17, 15) is 13.2 Å². The highest BCUT2D eigenvalue weighted by Gasteiger charge is 2.31. The molecule has 2 saturated carbocycles. The standard InChI is InChI=1S/C25H35F3/c1-2-3-4-5-6-7-18-8-10-19(11-9-18)20-12-14-21(15-13-20)22-16-23(26)25(28)24(27)17-22/h2-3,16-21H,4-15H2,1H3/b3-2+. The van der Waals surface area contributed by atoms with Gasteiger partial charge < -0.3 is 0 Å². The van der Waals surface area contributed by atoms with Crippen LogP contribution in [0.1, 0.15) is 95.5 Å². The summed E-state index contributed by atoms with van der Waals surface area (Å²) in [5, 5.41) is 0. The van der Waals surface area contributed by atoms with Gasteiger partial charge in [0.05, 0.1) is 0 Å². The number of halogens is 3. The van der Waals surface area contributed by atoms with Crippen LogP contribution in [0.4, 0.5) is 13.2 Å². The molecule has 0 N–H and O–H groups in total. The van der Waals surface area contributed by atoms with Gasteiger partial charge in [0.25, 0.3) is 0 Å². The van der Waals surface area contributed by atoms with E-state index in [1.807, 2.05) is 0 Å². The lowest BCUT2D eigenvalue weighted by atomic mass is 9.68. The number of allylic oxidation sites excluding steroid dienone is 2. The summed E-state index contributed by atoms with van der Waals surface area (Å²) in [6.07, 6.45) is 19.4. The third kappa shape index (κ3) is 5.64. The number of hydrogen-bond donors (Lipinski definition) is 0. The molecule has 0 spiro atoms. The summed E-state index contributed by atoms with van der Waals surface area (Å²) in [4.78, 5) is 0. The first-order valence-electron chi connectivity index (χ1n) is 11.3. The summed E-state index contributed by atoms with van der Waals surface area (Å²) < 4.78 is 40.3. The maximum atomic E-state index is 13.5. The molecule has 0 bridgehead atoms. The molecule has 3 heteroatoms. The van der Waals surface area contributed by atoms with Crippen LogP contribution in [0.15, 0.2) is 24.3 Å². The molecule has 0 unspecified atom stereocenters. The van der Waals surface area contributed by atoms with Crippen LogP contribution in [0.5, 0.6) is 0 Å². The monoisotopic (exact) mass is 392 g/mol. The smallest absolute Gasteiger partial charge is 0.194 e. The van der Waals surface area contributed by atoms with Gasteiger partial charge in [0, 0.05) is 0 Å². The molecule has 0 aromatic heterocycles. The molecule has 2 aliphatic carbocycles. The molecule has 0 amide bonds. The molecule has 28 heavy (non-hydrogen) atoms. The lowest BCUT2D eigenvalue weighted by Crippen LogP contribution is -2.25. The van der Waals surface area contributed by atoms with Crippen molar-refractivity contribution in [1.29, 1.82) is 0 Å². The van der Waals surface area contributed by atoms with E-state index in [2.05, 4.69) is 19.1 Å². The van der Waals surface area contributed by atoms with Crippen molar-refractivity contribution >= 4 is 0 Å². The van der Waals surface area contributed by atoms with Gasteiger partial charge in [-0.1, -0.05) is 37.8 Å². The van der Waals surface area contributed by atoms with Crippen molar-refractivity contribution in [2.24, 2.45) is 17.8 Å². The molecule has 2 aliphatic rings. The molecule has 1 aromatic rings. The lowest BCUT2D eigenvalue weighted by Gasteiger charge is -2.38. The van der Waals surface area contributed by atoms with Gasteiger partial charge in [0.15, 0.2) is 17.5 Å². The predicted octanol–water partition coefficient (Wildman–Crippen LogP) is 8.32. The van der Waals surface area contributed by atoms with Gasteiger partial charge in [-0.15, -0.1) is 0 Å². The second-order valence-corrected chi connectivity index (χ2v) is 9.04. The summed E-state index contributed by atoms with van der Waals surface area (Å²) >= 11 is 0. The van der Waals surface area contributed by atoms with E-state index >= 15 is 0 Å². The van der Waals surface area contributed by atoms with Crippen molar-refractivity contribution < 1.29 is 13.2 Å². The predicted molar refractivity (Wildman–Crippen MR) is 110 cm³/mol. The lowest BCUT2D eigenvalue weighted by molar-refractivity contribution is 0.155. The Morgan fingerprint density at radius 3 is 1.96 bits per heavy atom. The maximum absolute atomic E-state index is 13.5. The van der Waals surface area contributed by atoms with Crippen LogP contribution in [-0.2, 0) is 0 Å². The molecule has 156 valence electrons. The Morgan fingerprint density at radius 2 is 1.39 bits per heavy atom. The zero-order valence-electron chi connectivity index (χ0n) is 17.2. The Morgan fingerprint density at radius 1 is 0.821 bits per heavy atom. The number of benzene rings is 1. The second-order valence-electron chi connectivity index (χ2n) is 9.04. The van der Waals surface area contributed by atoms with E-state index in [0.717, 1.165) is 43.4 Å². The fourth-order valence-electron chi connectivity index (χ4n) is 5.54. The molecule has 0 nitrogen and oxygen atoms in total. The van der Waals surface area contributed by atoms with Gasteiger partial charge in [-0.2, -0.15) is 0 Å². The molecule has 0 atom stereocenters. The summed E-state index contributed by atoms with van der Waals surface area (Å²) in [5.74, 6) is -0.764. The van der Waals surface area contributed by atoms with Crippen LogP contribution < -0.4 is 0 Å². The highest BCUT2D eigenvalue weighted by molar-refractivity contribution is 5.23. The van der Waals surface area contributed by atoms with E-state index in [0.29, 0.717) is 5.56 Å². The van der Waals surface area contributed by atoms with Gasteiger partial charge in [0.2, 0.25) is 0 Å². The normalized spacial score (nSPS) is 28.7. The van der Waals surface area contributed by atoms with Crippen molar-refractivity contribution in [3.8, 4) is 0 Å².